The van der Waals surface area contributed by atoms with Gasteiger partial charge in [0, 0.05) is 13.7 Å². The van der Waals surface area contributed by atoms with Crippen LogP contribution in [0.25, 0.3) is 0 Å². The fourth-order valence-corrected chi connectivity index (χ4v) is 1.93. The number of hydrogen-bond acceptors (Lipinski definition) is 3. The standard InChI is InChI=1S/C12H16N2O2/c1-14-8-12(16)13-10-5-4-9(3-2-6-15)7-11(10)14/h4-5,7,15H,2-3,6,8H2,1H3,(H,13,16). The molecule has 16 heavy (non-hydrogen) atoms. The van der Waals surface area contributed by atoms with E-state index in [-0.39, 0.29) is 12.5 Å². The topological polar surface area (TPSA) is 52.6 Å². The third-order valence-electron chi connectivity index (χ3n) is 2.75. The number of rotatable bonds is 3. The van der Waals surface area contributed by atoms with E-state index in [1.807, 2.05) is 24.1 Å². The van der Waals surface area contributed by atoms with Gasteiger partial charge in [-0.15, -0.1) is 0 Å². The summed E-state index contributed by atoms with van der Waals surface area (Å²) in [4.78, 5) is 13.2. The Bertz CT molecular complexity index is 404. The van der Waals surface area contributed by atoms with Gasteiger partial charge >= 0.3 is 0 Å². The third kappa shape index (κ3) is 2.17. The maximum Gasteiger partial charge on any atom is 0.243 e. The monoisotopic (exact) mass is 220 g/mol. The van der Waals surface area contributed by atoms with Gasteiger partial charge in [-0.1, -0.05) is 6.07 Å². The normalized spacial score (nSPS) is 14.6. The zero-order valence-corrected chi connectivity index (χ0v) is 9.36. The fourth-order valence-electron chi connectivity index (χ4n) is 1.93. The summed E-state index contributed by atoms with van der Waals surface area (Å²) in [6.45, 7) is 0.611. The number of nitrogens with zero attached hydrogens (tertiary/aromatic N) is 1. The van der Waals surface area contributed by atoms with Crippen LogP contribution in [0.5, 0.6) is 0 Å². The second-order valence-corrected chi connectivity index (χ2v) is 4.08. The van der Waals surface area contributed by atoms with Crippen molar-refractivity contribution in [2.45, 2.75) is 12.8 Å². The van der Waals surface area contributed by atoms with E-state index in [0.29, 0.717) is 6.54 Å². The quantitative estimate of drug-likeness (QED) is 0.799. The number of carbonyl (C=O) groups is 1. The van der Waals surface area contributed by atoms with Gasteiger partial charge in [-0.05, 0) is 30.5 Å². The van der Waals surface area contributed by atoms with Crippen LogP contribution in [0.4, 0.5) is 11.4 Å². The van der Waals surface area contributed by atoms with Crippen LogP contribution in [0, 0.1) is 0 Å². The molecule has 0 bridgehead atoms. The summed E-state index contributed by atoms with van der Waals surface area (Å²) >= 11 is 0. The Balaban J connectivity index is 2.24. The lowest BCUT2D eigenvalue weighted by molar-refractivity contribution is -0.115. The van der Waals surface area contributed by atoms with Gasteiger partial charge in [-0.2, -0.15) is 0 Å². The molecule has 2 N–H and O–H groups in total. The summed E-state index contributed by atoms with van der Waals surface area (Å²) in [7, 11) is 1.91. The lowest BCUT2D eigenvalue weighted by atomic mass is 10.1. The molecule has 0 aromatic heterocycles. The van der Waals surface area contributed by atoms with Crippen molar-refractivity contribution in [3.63, 3.8) is 0 Å². The third-order valence-corrected chi connectivity index (χ3v) is 2.75. The summed E-state index contributed by atoms with van der Waals surface area (Å²) < 4.78 is 0. The van der Waals surface area contributed by atoms with Gasteiger partial charge in [0.1, 0.15) is 0 Å². The van der Waals surface area contributed by atoms with Crippen molar-refractivity contribution in [1.29, 1.82) is 0 Å². The second kappa shape index (κ2) is 4.53. The first-order chi connectivity index (χ1) is 7.70. The van der Waals surface area contributed by atoms with Crippen LogP contribution in [0.1, 0.15) is 12.0 Å². The molecule has 1 aliphatic heterocycles. The zero-order valence-electron chi connectivity index (χ0n) is 9.36. The molecule has 0 radical (unpaired) electrons. The van der Waals surface area contributed by atoms with Crippen molar-refractivity contribution in [1.82, 2.24) is 0 Å². The van der Waals surface area contributed by atoms with Crippen molar-refractivity contribution >= 4 is 17.3 Å². The second-order valence-electron chi connectivity index (χ2n) is 4.08. The van der Waals surface area contributed by atoms with Crippen LogP contribution in [0.15, 0.2) is 18.2 Å². The molecule has 0 saturated carbocycles. The lowest BCUT2D eigenvalue weighted by Crippen LogP contribution is -2.35. The first-order valence-corrected chi connectivity index (χ1v) is 5.45. The number of amides is 1. The van der Waals surface area contributed by atoms with E-state index in [0.717, 1.165) is 24.2 Å². The van der Waals surface area contributed by atoms with E-state index in [2.05, 4.69) is 11.4 Å². The summed E-state index contributed by atoms with van der Waals surface area (Å²) in [5.41, 5.74) is 3.11. The fraction of sp³-hybridized carbons (Fsp3) is 0.417. The highest BCUT2D eigenvalue weighted by Crippen LogP contribution is 2.29. The summed E-state index contributed by atoms with van der Waals surface area (Å²) in [6, 6.07) is 5.99. The number of aliphatic hydroxyl groups excluding tert-OH is 1. The van der Waals surface area contributed by atoms with Crippen LogP contribution in [0.2, 0.25) is 0 Å². The largest absolute Gasteiger partial charge is 0.396 e. The lowest BCUT2D eigenvalue weighted by Gasteiger charge is -2.27. The Morgan fingerprint density at radius 1 is 1.50 bits per heavy atom. The average molecular weight is 220 g/mol. The van der Waals surface area contributed by atoms with Gasteiger partial charge in [0.05, 0.1) is 17.9 Å². The summed E-state index contributed by atoms with van der Waals surface area (Å²) in [5.74, 6) is 0.0260. The smallest absolute Gasteiger partial charge is 0.243 e. The van der Waals surface area contributed by atoms with E-state index in [1.54, 1.807) is 0 Å². The average Bonchev–Trinajstić information content (AvgIpc) is 2.26. The number of fused-ring (bicyclic) bond motifs is 1. The maximum absolute atomic E-state index is 11.3. The number of nitrogens with one attached hydrogen (secondary N) is 1. The number of benzene rings is 1. The number of anilines is 2. The van der Waals surface area contributed by atoms with Gasteiger partial charge in [0.2, 0.25) is 5.91 Å². The number of likely N-dealkylation sites (N-methyl/N-ethyl adjacent to an activating group) is 1. The van der Waals surface area contributed by atoms with Gasteiger partial charge in [-0.3, -0.25) is 4.79 Å². The van der Waals surface area contributed by atoms with Crippen molar-refractivity contribution in [2.75, 3.05) is 30.4 Å². The van der Waals surface area contributed by atoms with Crippen LogP contribution in [0.3, 0.4) is 0 Å². The minimum Gasteiger partial charge on any atom is -0.396 e. The zero-order chi connectivity index (χ0) is 11.5. The van der Waals surface area contributed by atoms with Crippen LogP contribution in [-0.2, 0) is 11.2 Å². The van der Waals surface area contributed by atoms with E-state index >= 15 is 0 Å². The van der Waals surface area contributed by atoms with E-state index < -0.39 is 0 Å². The van der Waals surface area contributed by atoms with Gasteiger partial charge in [0.15, 0.2) is 0 Å². The SMILES string of the molecule is CN1CC(=O)Nc2ccc(CCCO)cc21. The first kappa shape index (κ1) is 11.0. The minimum atomic E-state index is 0.0260. The molecule has 0 spiro atoms. The number of aliphatic hydroxyl groups is 1. The molecular weight excluding hydrogens is 204 g/mol. The molecule has 0 saturated heterocycles. The molecule has 0 aliphatic carbocycles. The molecule has 1 heterocycles. The molecule has 2 rings (SSSR count). The predicted molar refractivity (Wildman–Crippen MR) is 63.7 cm³/mol. The van der Waals surface area contributed by atoms with E-state index in [9.17, 15) is 4.79 Å². The van der Waals surface area contributed by atoms with Crippen molar-refractivity contribution in [3.8, 4) is 0 Å². The molecule has 86 valence electrons. The first-order valence-electron chi connectivity index (χ1n) is 5.45. The molecule has 0 fully saturated rings. The summed E-state index contributed by atoms with van der Waals surface area (Å²) in [5, 5.41) is 11.6. The Morgan fingerprint density at radius 2 is 2.31 bits per heavy atom. The number of aryl methyl sites for hydroxylation is 1. The Kier molecular flexibility index (Phi) is 3.10. The Morgan fingerprint density at radius 3 is 3.06 bits per heavy atom. The maximum atomic E-state index is 11.3. The van der Waals surface area contributed by atoms with Crippen LogP contribution < -0.4 is 10.2 Å². The molecule has 4 nitrogen and oxygen atoms in total. The highest BCUT2D eigenvalue weighted by atomic mass is 16.2. The van der Waals surface area contributed by atoms with Crippen molar-refractivity contribution in [2.24, 2.45) is 0 Å². The molecule has 1 amide bonds. The van der Waals surface area contributed by atoms with Gasteiger partial charge in [0.25, 0.3) is 0 Å². The Labute approximate surface area is 94.9 Å². The van der Waals surface area contributed by atoms with Gasteiger partial charge in [-0.25, -0.2) is 0 Å². The summed E-state index contributed by atoms with van der Waals surface area (Å²) in [6.07, 6.45) is 1.64. The van der Waals surface area contributed by atoms with Gasteiger partial charge < -0.3 is 15.3 Å². The predicted octanol–water partition coefficient (Wildman–Crippen LogP) is 1.000. The minimum absolute atomic E-state index is 0.0260. The van der Waals surface area contributed by atoms with Crippen LogP contribution >= 0.6 is 0 Å². The van der Waals surface area contributed by atoms with E-state index in [4.69, 9.17) is 5.11 Å². The molecule has 1 aliphatic rings. The molecule has 4 heteroatoms. The van der Waals surface area contributed by atoms with E-state index in [1.165, 1.54) is 5.56 Å². The molecule has 0 atom stereocenters. The van der Waals surface area contributed by atoms with Crippen LogP contribution in [-0.4, -0.2) is 31.2 Å². The highest BCUT2D eigenvalue weighted by Gasteiger charge is 2.18. The highest BCUT2D eigenvalue weighted by molar-refractivity contribution is 6.01. The molecular formula is C12H16N2O2. The Hall–Kier alpha value is -1.55. The molecule has 1 aromatic rings. The molecule has 0 unspecified atom stereocenters. The van der Waals surface area contributed by atoms with Crippen molar-refractivity contribution in [3.05, 3.63) is 23.8 Å². The number of hydrogen-bond donors (Lipinski definition) is 2. The van der Waals surface area contributed by atoms with Crippen molar-refractivity contribution < 1.29 is 9.90 Å². The number of carbonyl (C=O) groups excluding carboxylic acids is 1. The molecule has 1 aromatic carbocycles.